The number of aliphatic imine (C=N–C) groups is 2. The first-order chi connectivity index (χ1) is 9.92. The summed E-state index contributed by atoms with van der Waals surface area (Å²) in [6.45, 7) is 0. The number of hydrogen-bond acceptors (Lipinski definition) is 2. The van der Waals surface area contributed by atoms with Gasteiger partial charge in [-0.15, -0.1) is 0 Å². The maximum absolute atomic E-state index is 4.67. The van der Waals surface area contributed by atoms with Gasteiger partial charge in [-0.25, -0.2) is 4.99 Å². The predicted octanol–water partition coefficient (Wildman–Crippen LogP) is 4.01. The summed E-state index contributed by atoms with van der Waals surface area (Å²) in [5.74, 6) is 0. The van der Waals surface area contributed by atoms with E-state index >= 15 is 0 Å². The largest absolute Gasteiger partial charge is 0.254 e. The number of fused-ring (bicyclic) bond motifs is 1. The van der Waals surface area contributed by atoms with Gasteiger partial charge in [-0.1, -0.05) is 54.6 Å². The topological polar surface area (TPSA) is 24.7 Å². The van der Waals surface area contributed by atoms with Crippen LogP contribution in [0.2, 0.25) is 0 Å². The average molecular weight is 256 g/mol. The summed E-state index contributed by atoms with van der Waals surface area (Å²) < 4.78 is 0. The molecule has 2 aliphatic rings. The Labute approximate surface area is 117 Å². The van der Waals surface area contributed by atoms with Gasteiger partial charge >= 0.3 is 0 Å². The normalized spacial score (nSPS) is 15.7. The second kappa shape index (κ2) is 4.42. The van der Waals surface area contributed by atoms with E-state index < -0.39 is 0 Å². The van der Waals surface area contributed by atoms with Gasteiger partial charge in [0.15, 0.2) is 0 Å². The Balaban J connectivity index is 1.85. The van der Waals surface area contributed by atoms with Crippen LogP contribution in [0.15, 0.2) is 88.1 Å². The zero-order valence-corrected chi connectivity index (χ0v) is 10.8. The SMILES string of the molecule is C1=NC2=CC(c3ccccc3-c3ccccc3)=NC2=C1. The van der Waals surface area contributed by atoms with Crippen molar-refractivity contribution >= 4 is 11.9 Å². The van der Waals surface area contributed by atoms with Gasteiger partial charge in [0.2, 0.25) is 0 Å². The van der Waals surface area contributed by atoms with Crippen molar-refractivity contribution in [1.82, 2.24) is 0 Å². The fourth-order valence-corrected chi connectivity index (χ4v) is 2.55. The molecular formula is C18H12N2. The number of rotatable bonds is 2. The molecule has 0 amide bonds. The first-order valence-corrected chi connectivity index (χ1v) is 6.62. The van der Waals surface area contributed by atoms with Crippen LogP contribution in [0.4, 0.5) is 0 Å². The highest BCUT2D eigenvalue weighted by atomic mass is 14.9. The van der Waals surface area contributed by atoms with Crippen LogP contribution in [0.25, 0.3) is 11.1 Å². The van der Waals surface area contributed by atoms with Crippen molar-refractivity contribution in [1.29, 1.82) is 0 Å². The highest BCUT2D eigenvalue weighted by Crippen LogP contribution is 2.30. The monoisotopic (exact) mass is 256 g/mol. The summed E-state index contributed by atoms with van der Waals surface area (Å²) in [4.78, 5) is 8.97. The van der Waals surface area contributed by atoms with Gasteiger partial charge in [0, 0.05) is 11.8 Å². The number of nitrogens with zero attached hydrogens (tertiary/aromatic N) is 2. The van der Waals surface area contributed by atoms with Crippen molar-refractivity contribution in [3.05, 3.63) is 83.7 Å². The van der Waals surface area contributed by atoms with Crippen LogP contribution in [0.5, 0.6) is 0 Å². The van der Waals surface area contributed by atoms with Gasteiger partial charge in [0.25, 0.3) is 0 Å². The van der Waals surface area contributed by atoms with E-state index in [1.165, 1.54) is 11.1 Å². The Morgan fingerprint density at radius 3 is 2.25 bits per heavy atom. The predicted molar refractivity (Wildman–Crippen MR) is 83.1 cm³/mol. The minimum atomic E-state index is 0.961. The zero-order valence-electron chi connectivity index (χ0n) is 10.8. The van der Waals surface area contributed by atoms with Crippen LogP contribution in [0, 0.1) is 0 Å². The van der Waals surface area contributed by atoms with Gasteiger partial charge in [0.1, 0.15) is 0 Å². The fraction of sp³-hybridized carbons (Fsp3) is 0. The molecule has 2 nitrogen and oxygen atoms in total. The molecule has 0 aromatic heterocycles. The summed E-state index contributed by atoms with van der Waals surface area (Å²) in [6.07, 6.45) is 5.80. The van der Waals surface area contributed by atoms with E-state index in [0.29, 0.717) is 0 Å². The molecule has 0 fully saturated rings. The summed E-state index contributed by atoms with van der Waals surface area (Å²) in [7, 11) is 0. The summed E-state index contributed by atoms with van der Waals surface area (Å²) in [5.41, 5.74) is 6.47. The van der Waals surface area contributed by atoms with E-state index in [2.05, 4.69) is 64.6 Å². The number of hydrogen-bond donors (Lipinski definition) is 0. The Kier molecular flexibility index (Phi) is 2.46. The molecule has 0 saturated carbocycles. The zero-order chi connectivity index (χ0) is 13.4. The smallest absolute Gasteiger partial charge is 0.0909 e. The molecule has 0 bridgehead atoms. The van der Waals surface area contributed by atoms with Gasteiger partial charge in [-0.05, 0) is 23.3 Å². The Morgan fingerprint density at radius 2 is 1.45 bits per heavy atom. The summed E-state index contributed by atoms with van der Waals surface area (Å²) in [5, 5.41) is 0. The van der Waals surface area contributed by atoms with Crippen molar-refractivity contribution in [2.24, 2.45) is 9.98 Å². The van der Waals surface area contributed by atoms with Crippen molar-refractivity contribution in [3.63, 3.8) is 0 Å². The maximum Gasteiger partial charge on any atom is 0.0909 e. The van der Waals surface area contributed by atoms with Crippen LogP contribution in [-0.4, -0.2) is 11.9 Å². The van der Waals surface area contributed by atoms with Crippen LogP contribution < -0.4 is 0 Å². The molecule has 2 aliphatic heterocycles. The molecule has 0 aliphatic carbocycles. The lowest BCUT2D eigenvalue weighted by molar-refractivity contribution is 1.33. The second-order valence-electron chi connectivity index (χ2n) is 4.77. The van der Waals surface area contributed by atoms with Crippen molar-refractivity contribution in [3.8, 4) is 11.1 Å². The molecule has 2 heterocycles. The molecule has 0 unspecified atom stereocenters. The third-order valence-electron chi connectivity index (χ3n) is 3.51. The molecule has 0 radical (unpaired) electrons. The van der Waals surface area contributed by atoms with Crippen LogP contribution in [0.1, 0.15) is 5.56 Å². The first-order valence-electron chi connectivity index (χ1n) is 6.62. The first kappa shape index (κ1) is 11.1. The third-order valence-corrected chi connectivity index (χ3v) is 3.51. The van der Waals surface area contributed by atoms with E-state index in [1.807, 2.05) is 12.1 Å². The standard InChI is InChI=1S/C18H12N2/c1-2-6-13(7-3-1)14-8-4-5-9-15(14)17-12-18-16(20-17)10-11-19-18/h1-12H. The highest BCUT2D eigenvalue weighted by Gasteiger charge is 2.19. The van der Waals surface area contributed by atoms with Gasteiger partial charge in [-0.2, -0.15) is 0 Å². The molecule has 0 N–H and O–H groups in total. The van der Waals surface area contributed by atoms with E-state index in [0.717, 1.165) is 22.7 Å². The third kappa shape index (κ3) is 1.74. The van der Waals surface area contributed by atoms with Crippen molar-refractivity contribution < 1.29 is 0 Å². The average Bonchev–Trinajstić information content (AvgIpc) is 3.09. The molecule has 2 heteroatoms. The molecule has 2 aromatic carbocycles. The minimum absolute atomic E-state index is 0.961. The molecule has 20 heavy (non-hydrogen) atoms. The molecule has 4 rings (SSSR count). The Hall–Kier alpha value is -2.74. The lowest BCUT2D eigenvalue weighted by Crippen LogP contribution is -1.97. The highest BCUT2D eigenvalue weighted by molar-refractivity contribution is 6.16. The number of benzene rings is 2. The van der Waals surface area contributed by atoms with Gasteiger partial charge < -0.3 is 0 Å². The van der Waals surface area contributed by atoms with E-state index in [4.69, 9.17) is 0 Å². The quantitative estimate of drug-likeness (QED) is 0.775. The van der Waals surface area contributed by atoms with Crippen LogP contribution in [0.3, 0.4) is 0 Å². The van der Waals surface area contributed by atoms with Crippen molar-refractivity contribution in [2.45, 2.75) is 0 Å². The molecule has 94 valence electrons. The van der Waals surface area contributed by atoms with E-state index in [9.17, 15) is 0 Å². The van der Waals surface area contributed by atoms with Crippen molar-refractivity contribution in [2.75, 3.05) is 0 Å². The molecule has 0 spiro atoms. The minimum Gasteiger partial charge on any atom is -0.254 e. The molecule has 2 aromatic rings. The number of allylic oxidation sites excluding steroid dienone is 2. The van der Waals surface area contributed by atoms with E-state index in [-0.39, 0.29) is 0 Å². The fourth-order valence-electron chi connectivity index (χ4n) is 2.55. The Bertz CT molecular complexity index is 793. The van der Waals surface area contributed by atoms with Gasteiger partial charge in [0.05, 0.1) is 17.1 Å². The summed E-state index contributed by atoms with van der Waals surface area (Å²) in [6, 6.07) is 18.8. The molecule has 0 saturated heterocycles. The second-order valence-corrected chi connectivity index (χ2v) is 4.77. The lowest BCUT2D eigenvalue weighted by Gasteiger charge is -2.08. The maximum atomic E-state index is 4.67. The molecular weight excluding hydrogens is 244 g/mol. The molecule has 0 atom stereocenters. The summed E-state index contributed by atoms with van der Waals surface area (Å²) >= 11 is 0. The van der Waals surface area contributed by atoms with E-state index in [1.54, 1.807) is 6.21 Å². The lowest BCUT2D eigenvalue weighted by atomic mass is 9.97. The Morgan fingerprint density at radius 1 is 0.700 bits per heavy atom. The van der Waals surface area contributed by atoms with Crippen LogP contribution >= 0.6 is 0 Å². The van der Waals surface area contributed by atoms with Crippen LogP contribution in [-0.2, 0) is 0 Å². The van der Waals surface area contributed by atoms with Gasteiger partial charge in [-0.3, -0.25) is 4.99 Å².